The SMILES string of the molecule is C[C@@H](NC(=O)[C@H]1CN(CC2CC2)CC[C@@H]1NC(=O)c1cc(-c2c(F)cc(F)cc2F)on1)c1cnccn1. The number of rotatable bonds is 8. The highest BCUT2D eigenvalue weighted by atomic mass is 19.1. The second kappa shape index (κ2) is 10.9. The number of carbonyl (C=O) groups is 2. The van der Waals surface area contributed by atoms with Gasteiger partial charge in [-0.2, -0.15) is 0 Å². The summed E-state index contributed by atoms with van der Waals surface area (Å²) in [7, 11) is 0. The molecule has 1 saturated carbocycles. The summed E-state index contributed by atoms with van der Waals surface area (Å²) in [5.41, 5.74) is -0.223. The standard InChI is InChI=1S/C26H27F3N6O3/c1-14(22-11-30-5-6-31-22)32-25(36)17-13-35(12-15-2-3-15)7-4-20(17)33-26(37)21-10-23(38-34-21)24-18(28)8-16(27)9-19(24)29/h5-6,8-11,14-15,17,20H,2-4,7,12-13H2,1H3,(H,32,36)(H,33,37)/t14-,17+,20+/m1/s1. The van der Waals surface area contributed by atoms with Crippen LogP contribution in [0.25, 0.3) is 11.3 Å². The van der Waals surface area contributed by atoms with E-state index in [-0.39, 0.29) is 23.4 Å². The lowest BCUT2D eigenvalue weighted by Gasteiger charge is -2.38. The van der Waals surface area contributed by atoms with Crippen molar-refractivity contribution in [2.45, 2.75) is 38.3 Å². The Morgan fingerprint density at radius 3 is 2.58 bits per heavy atom. The van der Waals surface area contributed by atoms with Crippen LogP contribution in [-0.2, 0) is 4.79 Å². The van der Waals surface area contributed by atoms with E-state index >= 15 is 0 Å². The molecule has 2 N–H and O–H groups in total. The third-order valence-electron chi connectivity index (χ3n) is 6.95. The molecular weight excluding hydrogens is 501 g/mol. The molecule has 12 heteroatoms. The number of nitrogens with zero attached hydrogens (tertiary/aromatic N) is 4. The van der Waals surface area contributed by atoms with E-state index in [1.807, 2.05) is 6.92 Å². The first-order valence-corrected chi connectivity index (χ1v) is 12.5. The van der Waals surface area contributed by atoms with Crippen molar-refractivity contribution in [2.24, 2.45) is 11.8 Å². The van der Waals surface area contributed by atoms with E-state index in [9.17, 15) is 22.8 Å². The van der Waals surface area contributed by atoms with Crippen molar-refractivity contribution in [1.82, 2.24) is 30.7 Å². The summed E-state index contributed by atoms with van der Waals surface area (Å²) in [5.74, 6) is -4.57. The quantitative estimate of drug-likeness (QED) is 0.462. The summed E-state index contributed by atoms with van der Waals surface area (Å²) in [6.07, 6.45) is 7.58. The van der Waals surface area contributed by atoms with Gasteiger partial charge in [-0.05, 0) is 32.1 Å². The predicted molar refractivity (Wildman–Crippen MR) is 129 cm³/mol. The molecule has 200 valence electrons. The second-order valence-corrected chi connectivity index (χ2v) is 9.86. The molecule has 3 atom stereocenters. The predicted octanol–water partition coefficient (Wildman–Crippen LogP) is 3.26. The maximum absolute atomic E-state index is 14.2. The zero-order chi connectivity index (χ0) is 26.8. The summed E-state index contributed by atoms with van der Waals surface area (Å²) >= 11 is 0. The van der Waals surface area contributed by atoms with Gasteiger partial charge in [-0.1, -0.05) is 5.16 Å². The van der Waals surface area contributed by atoms with Crippen LogP contribution >= 0.6 is 0 Å². The van der Waals surface area contributed by atoms with Gasteiger partial charge in [-0.15, -0.1) is 0 Å². The van der Waals surface area contributed by atoms with Gasteiger partial charge in [0, 0.05) is 56.3 Å². The summed E-state index contributed by atoms with van der Waals surface area (Å²) in [6.45, 7) is 3.90. The van der Waals surface area contributed by atoms with Gasteiger partial charge in [0.1, 0.15) is 17.5 Å². The highest BCUT2D eigenvalue weighted by molar-refractivity contribution is 5.94. The number of benzene rings is 1. The third-order valence-corrected chi connectivity index (χ3v) is 6.95. The molecular formula is C26H27F3N6O3. The fraction of sp³-hybridized carbons (Fsp3) is 0.423. The number of likely N-dealkylation sites (tertiary alicyclic amines) is 1. The zero-order valence-electron chi connectivity index (χ0n) is 20.7. The van der Waals surface area contributed by atoms with Crippen molar-refractivity contribution < 1.29 is 27.3 Å². The minimum Gasteiger partial charge on any atom is -0.355 e. The number of amides is 2. The molecule has 0 unspecified atom stereocenters. The average molecular weight is 529 g/mol. The molecule has 0 bridgehead atoms. The van der Waals surface area contributed by atoms with Crippen molar-refractivity contribution in [1.29, 1.82) is 0 Å². The molecule has 1 aliphatic carbocycles. The summed E-state index contributed by atoms with van der Waals surface area (Å²) < 4.78 is 46.6. The summed E-state index contributed by atoms with van der Waals surface area (Å²) in [5, 5.41) is 9.46. The molecule has 1 aliphatic heterocycles. The van der Waals surface area contributed by atoms with Gasteiger partial charge in [0.2, 0.25) is 5.91 Å². The Labute approximate surface area is 216 Å². The highest BCUT2D eigenvalue weighted by Crippen LogP contribution is 2.32. The van der Waals surface area contributed by atoms with E-state index in [0.717, 1.165) is 12.6 Å². The lowest BCUT2D eigenvalue weighted by molar-refractivity contribution is -0.128. The first-order valence-electron chi connectivity index (χ1n) is 12.5. The largest absolute Gasteiger partial charge is 0.355 e. The van der Waals surface area contributed by atoms with Crippen LogP contribution < -0.4 is 10.6 Å². The fourth-order valence-electron chi connectivity index (χ4n) is 4.74. The van der Waals surface area contributed by atoms with Crippen LogP contribution in [0.2, 0.25) is 0 Å². The number of piperidine rings is 1. The normalized spacial score (nSPS) is 20.6. The maximum Gasteiger partial charge on any atom is 0.273 e. The van der Waals surface area contributed by atoms with E-state index < -0.39 is 40.9 Å². The van der Waals surface area contributed by atoms with Crippen LogP contribution in [0.4, 0.5) is 13.2 Å². The summed E-state index contributed by atoms with van der Waals surface area (Å²) in [6, 6.07) is 1.22. The molecule has 2 aromatic heterocycles. The van der Waals surface area contributed by atoms with Gasteiger partial charge in [0.15, 0.2) is 11.5 Å². The van der Waals surface area contributed by atoms with Crippen LogP contribution in [-0.4, -0.2) is 57.5 Å². The number of carbonyl (C=O) groups excluding carboxylic acids is 2. The van der Waals surface area contributed by atoms with Crippen molar-refractivity contribution in [2.75, 3.05) is 19.6 Å². The smallest absolute Gasteiger partial charge is 0.273 e. The molecule has 9 nitrogen and oxygen atoms in total. The van der Waals surface area contributed by atoms with Gasteiger partial charge in [-0.3, -0.25) is 19.6 Å². The van der Waals surface area contributed by atoms with Crippen molar-refractivity contribution in [3.05, 3.63) is 65.6 Å². The first-order chi connectivity index (χ1) is 18.3. The average Bonchev–Trinajstić information content (AvgIpc) is 3.57. The van der Waals surface area contributed by atoms with Crippen molar-refractivity contribution in [3.63, 3.8) is 0 Å². The maximum atomic E-state index is 14.2. The van der Waals surface area contributed by atoms with E-state index in [4.69, 9.17) is 4.52 Å². The van der Waals surface area contributed by atoms with Crippen LogP contribution in [0.3, 0.4) is 0 Å². The molecule has 3 heterocycles. The minimum atomic E-state index is -1.18. The molecule has 1 aromatic carbocycles. The van der Waals surface area contributed by atoms with Gasteiger partial charge in [0.25, 0.3) is 5.91 Å². The van der Waals surface area contributed by atoms with Gasteiger partial charge in [0.05, 0.1) is 29.4 Å². The van der Waals surface area contributed by atoms with Gasteiger partial charge in [-0.25, -0.2) is 13.2 Å². The lowest BCUT2D eigenvalue weighted by Crippen LogP contribution is -2.56. The Morgan fingerprint density at radius 2 is 1.89 bits per heavy atom. The van der Waals surface area contributed by atoms with Crippen LogP contribution in [0.5, 0.6) is 0 Å². The number of nitrogens with one attached hydrogen (secondary N) is 2. The Bertz CT molecular complexity index is 1290. The first kappa shape index (κ1) is 25.8. The number of hydrogen-bond acceptors (Lipinski definition) is 7. The van der Waals surface area contributed by atoms with Crippen LogP contribution in [0.1, 0.15) is 48.4 Å². The Balaban J connectivity index is 1.30. The number of aromatic nitrogens is 3. The molecule has 2 aliphatic rings. The second-order valence-electron chi connectivity index (χ2n) is 9.86. The highest BCUT2D eigenvalue weighted by Gasteiger charge is 2.38. The van der Waals surface area contributed by atoms with E-state index in [1.165, 1.54) is 12.8 Å². The van der Waals surface area contributed by atoms with Gasteiger partial charge >= 0.3 is 0 Å². The van der Waals surface area contributed by atoms with E-state index in [0.29, 0.717) is 43.3 Å². The Hall–Kier alpha value is -3.80. The molecule has 5 rings (SSSR count). The molecule has 2 amide bonds. The Kier molecular flexibility index (Phi) is 7.41. The minimum absolute atomic E-state index is 0.212. The van der Waals surface area contributed by atoms with Crippen LogP contribution in [0, 0.1) is 29.3 Å². The Morgan fingerprint density at radius 1 is 1.13 bits per heavy atom. The number of hydrogen-bond donors (Lipinski definition) is 2. The van der Waals surface area contributed by atoms with E-state index in [1.54, 1.807) is 18.6 Å². The zero-order valence-corrected chi connectivity index (χ0v) is 20.7. The number of halogens is 3. The van der Waals surface area contributed by atoms with Crippen LogP contribution in [0.15, 0.2) is 41.3 Å². The third kappa shape index (κ3) is 5.85. The summed E-state index contributed by atoms with van der Waals surface area (Å²) in [4.78, 5) is 36.9. The molecule has 0 spiro atoms. The molecule has 0 radical (unpaired) electrons. The molecule has 2 fully saturated rings. The monoisotopic (exact) mass is 528 g/mol. The van der Waals surface area contributed by atoms with Gasteiger partial charge < -0.3 is 20.1 Å². The molecule has 1 saturated heterocycles. The van der Waals surface area contributed by atoms with Crippen molar-refractivity contribution in [3.8, 4) is 11.3 Å². The topological polar surface area (TPSA) is 113 Å². The molecule has 38 heavy (non-hydrogen) atoms. The van der Waals surface area contributed by atoms with E-state index in [2.05, 4.69) is 30.7 Å². The fourth-order valence-corrected chi connectivity index (χ4v) is 4.74. The van der Waals surface area contributed by atoms with Crippen molar-refractivity contribution >= 4 is 11.8 Å². The molecule has 3 aromatic rings. The lowest BCUT2D eigenvalue weighted by atomic mass is 9.90.